The van der Waals surface area contributed by atoms with Gasteiger partial charge >= 0.3 is 11.9 Å². The lowest BCUT2D eigenvalue weighted by Gasteiger charge is -2.49. The summed E-state index contributed by atoms with van der Waals surface area (Å²) >= 11 is 3.47. The molecular weight excluding hydrogens is 627 g/mol. The number of carbonyl (C=O) groups is 5. The van der Waals surface area contributed by atoms with Crippen LogP contribution in [0.15, 0.2) is 39.1 Å². The number of β-lactam (4-membered cyclic amide) rings is 1. The first-order valence-electron chi connectivity index (χ1n) is 12.6. The fourth-order valence-corrected chi connectivity index (χ4v) is 7.36. The lowest BCUT2D eigenvalue weighted by atomic mass is 10.0. The Labute approximate surface area is 254 Å². The van der Waals surface area contributed by atoms with Crippen molar-refractivity contribution in [2.45, 2.75) is 48.5 Å². The van der Waals surface area contributed by atoms with E-state index in [2.05, 4.69) is 36.3 Å². The Kier molecular flexibility index (Phi) is 9.36. The molecule has 0 saturated carbocycles. The van der Waals surface area contributed by atoms with Crippen LogP contribution >= 0.6 is 34.9 Å². The highest BCUT2D eigenvalue weighted by Gasteiger charge is 2.54. The minimum Gasteiger partial charge on any atom is -0.481 e. The second-order valence-corrected chi connectivity index (χ2v) is 12.0. The maximum atomic E-state index is 13.3. The van der Waals surface area contributed by atoms with Gasteiger partial charge in [0.05, 0.1) is 13.0 Å². The van der Waals surface area contributed by atoms with Gasteiger partial charge in [-0.05, 0) is 34.9 Å². The SMILES string of the molecule is O=CNc1nc(C(=NOC2C=CCC2)C(=O)NC2C(=O)N3C(C(=O)O)=C(CSc4nnnn4CCC(=O)O)CS[C@H]23)cs1. The van der Waals surface area contributed by atoms with Crippen LogP contribution in [0.4, 0.5) is 5.13 Å². The zero-order valence-corrected chi connectivity index (χ0v) is 24.4. The minimum absolute atomic E-state index is 0.0435. The molecule has 1 saturated heterocycles. The van der Waals surface area contributed by atoms with Crippen molar-refractivity contribution in [1.82, 2.24) is 35.4 Å². The first kappa shape index (κ1) is 30.2. The summed E-state index contributed by atoms with van der Waals surface area (Å²) in [6.07, 6.45) is 5.16. The molecule has 226 valence electrons. The number of fused-ring (bicyclic) bond motifs is 1. The van der Waals surface area contributed by atoms with E-state index in [9.17, 15) is 29.1 Å². The molecule has 2 aromatic heterocycles. The van der Waals surface area contributed by atoms with Crippen LogP contribution in [0, 0.1) is 0 Å². The summed E-state index contributed by atoms with van der Waals surface area (Å²) in [6, 6.07) is -1.04. The summed E-state index contributed by atoms with van der Waals surface area (Å²) in [4.78, 5) is 71.3. The lowest BCUT2D eigenvalue weighted by Crippen LogP contribution is -2.71. The quantitative estimate of drug-likeness (QED) is 0.0533. The molecule has 0 radical (unpaired) electrons. The van der Waals surface area contributed by atoms with E-state index < -0.39 is 35.2 Å². The molecule has 3 atom stereocenters. The smallest absolute Gasteiger partial charge is 0.352 e. The number of thiazole rings is 1. The minimum atomic E-state index is -1.30. The van der Waals surface area contributed by atoms with Crippen LogP contribution in [0.1, 0.15) is 25.0 Å². The van der Waals surface area contributed by atoms with Gasteiger partial charge in [0.15, 0.2) is 10.8 Å². The van der Waals surface area contributed by atoms with Crippen molar-refractivity contribution in [2.24, 2.45) is 5.16 Å². The van der Waals surface area contributed by atoms with Crippen molar-refractivity contribution < 1.29 is 39.0 Å². The van der Waals surface area contributed by atoms with Gasteiger partial charge in [-0.3, -0.25) is 24.1 Å². The number of hydrogen-bond acceptors (Lipinski definition) is 14. The highest BCUT2D eigenvalue weighted by molar-refractivity contribution is 8.01. The fraction of sp³-hybridized carbons (Fsp3) is 0.391. The molecule has 0 spiro atoms. The molecule has 1 fully saturated rings. The van der Waals surface area contributed by atoms with Crippen LogP contribution in [-0.2, 0) is 35.4 Å². The number of carbonyl (C=O) groups excluding carboxylic acids is 3. The Bertz CT molecular complexity index is 1540. The Balaban J connectivity index is 1.29. The van der Waals surface area contributed by atoms with E-state index in [-0.39, 0.29) is 52.8 Å². The number of thioether (sulfide) groups is 2. The molecule has 0 aromatic carbocycles. The Morgan fingerprint density at radius 3 is 2.86 bits per heavy atom. The molecule has 2 unspecified atom stereocenters. The number of anilines is 1. The molecule has 4 N–H and O–H groups in total. The van der Waals surface area contributed by atoms with E-state index in [4.69, 9.17) is 9.94 Å². The van der Waals surface area contributed by atoms with Gasteiger partial charge in [0.25, 0.3) is 11.8 Å². The number of nitrogens with zero attached hydrogens (tertiary/aromatic N) is 7. The maximum Gasteiger partial charge on any atom is 0.352 e. The van der Waals surface area contributed by atoms with Crippen LogP contribution in [-0.4, -0.2) is 105 Å². The number of carboxylic acids is 2. The number of tetrazole rings is 1. The molecule has 3 aliphatic rings. The van der Waals surface area contributed by atoms with Crippen LogP contribution in [0.5, 0.6) is 0 Å². The summed E-state index contributed by atoms with van der Waals surface area (Å²) in [6.45, 7) is 0.0435. The molecule has 1 aliphatic carbocycles. The second-order valence-electron chi connectivity index (χ2n) is 9.12. The van der Waals surface area contributed by atoms with Crippen molar-refractivity contribution in [3.63, 3.8) is 0 Å². The molecule has 43 heavy (non-hydrogen) atoms. The van der Waals surface area contributed by atoms with Crippen molar-refractivity contribution in [2.75, 3.05) is 16.8 Å². The summed E-state index contributed by atoms with van der Waals surface area (Å²) in [5.74, 6) is -3.30. The summed E-state index contributed by atoms with van der Waals surface area (Å²) in [5.41, 5.74) is 0.187. The van der Waals surface area contributed by atoms with Gasteiger partial charge < -0.3 is 25.7 Å². The first-order valence-corrected chi connectivity index (χ1v) is 15.6. The molecule has 2 aromatic rings. The summed E-state index contributed by atoms with van der Waals surface area (Å²) < 4.78 is 1.31. The summed E-state index contributed by atoms with van der Waals surface area (Å²) in [7, 11) is 0. The maximum absolute atomic E-state index is 13.3. The van der Waals surface area contributed by atoms with E-state index in [1.165, 1.54) is 21.8 Å². The normalized spacial score (nSPS) is 21.3. The van der Waals surface area contributed by atoms with Crippen molar-refractivity contribution in [3.05, 3.63) is 34.5 Å². The third-order valence-electron chi connectivity index (χ3n) is 6.34. The average Bonchev–Trinajstić information content (AvgIpc) is 3.76. The van der Waals surface area contributed by atoms with Gasteiger partial charge in [-0.1, -0.05) is 23.0 Å². The highest BCUT2D eigenvalue weighted by Crippen LogP contribution is 2.41. The van der Waals surface area contributed by atoms with Crippen LogP contribution in [0.25, 0.3) is 0 Å². The Morgan fingerprint density at radius 2 is 2.14 bits per heavy atom. The number of aromatic nitrogens is 5. The van der Waals surface area contributed by atoms with Gasteiger partial charge in [0.1, 0.15) is 28.9 Å². The van der Waals surface area contributed by atoms with Crippen LogP contribution in [0.2, 0.25) is 0 Å². The Hall–Kier alpha value is -4.30. The standard InChI is InChI=1S/C23H23N9O8S3/c33-10-24-22-25-13(9-42-22)15(28-40-12-3-1-2-4-12)18(36)26-16-19(37)32-17(21(38)39)11(7-41-20(16)32)8-43-23-27-29-30-31(23)6-5-14(34)35/h1,3,9-10,12,16,20H,2,4-8H2,(H,26,36)(H,34,35)(H,38,39)(H,24,25,33)/t12?,16?,20-/m1/s1. The Morgan fingerprint density at radius 1 is 1.30 bits per heavy atom. The topological polar surface area (TPSA) is 231 Å². The summed E-state index contributed by atoms with van der Waals surface area (Å²) in [5, 5.41) is 40.5. The number of aryl methyl sites for hydroxylation is 1. The van der Waals surface area contributed by atoms with E-state index in [1.807, 2.05) is 12.2 Å². The highest BCUT2D eigenvalue weighted by atomic mass is 32.2. The number of amides is 3. The first-order chi connectivity index (χ1) is 20.8. The molecule has 4 heterocycles. The number of allylic oxidation sites excluding steroid dienone is 1. The van der Waals surface area contributed by atoms with Gasteiger partial charge in [-0.2, -0.15) is 0 Å². The van der Waals surface area contributed by atoms with Gasteiger partial charge in [0.2, 0.25) is 11.6 Å². The molecule has 0 bridgehead atoms. The largest absolute Gasteiger partial charge is 0.481 e. The lowest BCUT2D eigenvalue weighted by molar-refractivity contribution is -0.150. The van der Waals surface area contributed by atoms with E-state index >= 15 is 0 Å². The molecule has 20 heteroatoms. The van der Waals surface area contributed by atoms with Gasteiger partial charge in [0, 0.05) is 16.9 Å². The van der Waals surface area contributed by atoms with Gasteiger partial charge in [-0.25, -0.2) is 14.5 Å². The predicted octanol–water partition coefficient (Wildman–Crippen LogP) is 0.143. The van der Waals surface area contributed by atoms with Crippen LogP contribution in [0.3, 0.4) is 0 Å². The van der Waals surface area contributed by atoms with Crippen molar-refractivity contribution >= 4 is 75.9 Å². The fourth-order valence-electron chi connectivity index (χ4n) is 4.31. The third kappa shape index (κ3) is 6.70. The van der Waals surface area contributed by atoms with Gasteiger partial charge in [-0.15, -0.1) is 28.2 Å². The predicted molar refractivity (Wildman–Crippen MR) is 152 cm³/mol. The third-order valence-corrected chi connectivity index (χ3v) is 9.50. The second kappa shape index (κ2) is 13.3. The van der Waals surface area contributed by atoms with E-state index in [1.54, 1.807) is 0 Å². The number of nitrogens with one attached hydrogen (secondary N) is 2. The number of hydrogen-bond donors (Lipinski definition) is 4. The molecule has 3 amide bonds. The monoisotopic (exact) mass is 649 g/mol. The number of aliphatic carboxylic acids is 2. The zero-order chi connectivity index (χ0) is 30.5. The van der Waals surface area contributed by atoms with E-state index in [0.29, 0.717) is 23.6 Å². The van der Waals surface area contributed by atoms with Crippen LogP contribution < -0.4 is 10.6 Å². The molecule has 5 rings (SSSR count). The number of rotatable bonds is 14. The van der Waals surface area contributed by atoms with Crippen molar-refractivity contribution in [1.29, 1.82) is 0 Å². The van der Waals surface area contributed by atoms with E-state index in [0.717, 1.165) is 34.4 Å². The number of carboxylic acid groups (broad SMARTS) is 2. The molecular formula is C23H23N9O8S3. The molecule has 17 nitrogen and oxygen atoms in total. The number of oxime groups is 1. The average molecular weight is 650 g/mol. The zero-order valence-electron chi connectivity index (χ0n) is 22.0. The van der Waals surface area contributed by atoms with Crippen molar-refractivity contribution in [3.8, 4) is 0 Å². The molecule has 2 aliphatic heterocycles.